The Bertz CT molecular complexity index is 1190. The molecule has 1 N–H and O–H groups in total. The largest absolute Gasteiger partial charge is 0.457 e. The van der Waals surface area contributed by atoms with Gasteiger partial charge in [-0.2, -0.15) is 13.2 Å². The molecule has 0 bridgehead atoms. The molecule has 3 aromatic rings. The molecule has 2 heterocycles. The second kappa shape index (κ2) is 10.1. The maximum absolute atomic E-state index is 12.8. The second-order valence-electron chi connectivity index (χ2n) is 8.98. The molecule has 184 valence electrons. The Morgan fingerprint density at radius 3 is 2.60 bits per heavy atom. The van der Waals surface area contributed by atoms with Gasteiger partial charge in [-0.1, -0.05) is 38.1 Å². The van der Waals surface area contributed by atoms with Gasteiger partial charge in [0.05, 0.1) is 12.2 Å². The lowest BCUT2D eigenvalue weighted by Gasteiger charge is -2.19. The van der Waals surface area contributed by atoms with Crippen molar-refractivity contribution in [1.29, 1.82) is 0 Å². The SMILES string of the molecule is CC(C)c1ccccc1Oc1ccc([C@@H]2CCN(C(=O)c3ccc(C(F)(F)F)cn3)C2)c(CO)c1. The molecule has 0 spiro atoms. The average molecular weight is 485 g/mol. The van der Waals surface area contributed by atoms with Crippen LogP contribution in [0.15, 0.2) is 60.8 Å². The number of alkyl halides is 3. The first-order chi connectivity index (χ1) is 16.7. The zero-order valence-electron chi connectivity index (χ0n) is 19.5. The summed E-state index contributed by atoms with van der Waals surface area (Å²) in [6.45, 7) is 4.86. The fourth-order valence-corrected chi connectivity index (χ4v) is 4.41. The van der Waals surface area contributed by atoms with E-state index in [1.807, 2.05) is 42.5 Å². The monoisotopic (exact) mass is 484 g/mol. The van der Waals surface area contributed by atoms with E-state index in [1.165, 1.54) is 0 Å². The molecule has 5 nitrogen and oxygen atoms in total. The lowest BCUT2D eigenvalue weighted by molar-refractivity contribution is -0.137. The summed E-state index contributed by atoms with van der Waals surface area (Å²) < 4.78 is 44.4. The van der Waals surface area contributed by atoms with Crippen LogP contribution in [0.5, 0.6) is 11.5 Å². The number of likely N-dealkylation sites (tertiary alicyclic amines) is 1. The van der Waals surface area contributed by atoms with Gasteiger partial charge in [0.1, 0.15) is 17.2 Å². The number of ether oxygens (including phenoxy) is 1. The molecular weight excluding hydrogens is 457 g/mol. The summed E-state index contributed by atoms with van der Waals surface area (Å²) in [6.07, 6.45) is -3.14. The number of benzene rings is 2. The molecule has 1 aliphatic rings. The number of para-hydroxylation sites is 1. The van der Waals surface area contributed by atoms with Crippen LogP contribution in [-0.2, 0) is 12.8 Å². The number of nitrogens with zero attached hydrogens (tertiary/aromatic N) is 2. The maximum Gasteiger partial charge on any atom is 0.417 e. The van der Waals surface area contributed by atoms with Crippen molar-refractivity contribution in [2.24, 2.45) is 0 Å². The van der Waals surface area contributed by atoms with Crippen LogP contribution in [0.4, 0.5) is 13.2 Å². The minimum absolute atomic E-state index is 0.00690. The van der Waals surface area contributed by atoms with Crippen molar-refractivity contribution in [3.63, 3.8) is 0 Å². The van der Waals surface area contributed by atoms with Gasteiger partial charge in [-0.3, -0.25) is 9.78 Å². The highest BCUT2D eigenvalue weighted by Gasteiger charge is 2.33. The second-order valence-corrected chi connectivity index (χ2v) is 8.98. The summed E-state index contributed by atoms with van der Waals surface area (Å²) in [4.78, 5) is 18.1. The van der Waals surface area contributed by atoms with Crippen molar-refractivity contribution in [3.05, 3.63) is 88.7 Å². The van der Waals surface area contributed by atoms with Crippen molar-refractivity contribution >= 4 is 5.91 Å². The Balaban J connectivity index is 1.48. The highest BCUT2D eigenvalue weighted by Crippen LogP contribution is 2.35. The summed E-state index contributed by atoms with van der Waals surface area (Å²) in [5, 5.41) is 10.0. The van der Waals surface area contributed by atoms with Crippen LogP contribution in [0, 0.1) is 0 Å². The normalized spacial score (nSPS) is 16.1. The topological polar surface area (TPSA) is 62.7 Å². The molecule has 1 aliphatic heterocycles. The molecule has 1 atom stereocenters. The van der Waals surface area contributed by atoms with Crippen molar-refractivity contribution in [1.82, 2.24) is 9.88 Å². The third-order valence-corrected chi connectivity index (χ3v) is 6.28. The molecule has 8 heteroatoms. The van der Waals surface area contributed by atoms with Gasteiger partial charge in [-0.15, -0.1) is 0 Å². The first-order valence-electron chi connectivity index (χ1n) is 11.5. The molecular formula is C27H27F3N2O3. The van der Waals surface area contributed by atoms with E-state index in [0.29, 0.717) is 37.4 Å². The van der Waals surface area contributed by atoms with E-state index >= 15 is 0 Å². The Morgan fingerprint density at radius 2 is 1.94 bits per heavy atom. The van der Waals surface area contributed by atoms with E-state index in [9.17, 15) is 23.1 Å². The fraction of sp³-hybridized carbons (Fsp3) is 0.333. The van der Waals surface area contributed by atoms with Gasteiger partial charge in [0.2, 0.25) is 0 Å². The minimum Gasteiger partial charge on any atom is -0.457 e. The van der Waals surface area contributed by atoms with Gasteiger partial charge in [0, 0.05) is 25.2 Å². The summed E-state index contributed by atoms with van der Waals surface area (Å²) >= 11 is 0. The summed E-state index contributed by atoms with van der Waals surface area (Å²) in [5.41, 5.74) is 1.82. The van der Waals surface area contributed by atoms with E-state index in [2.05, 4.69) is 18.8 Å². The molecule has 0 unspecified atom stereocenters. The molecule has 0 aliphatic carbocycles. The number of rotatable bonds is 6. The number of carbonyl (C=O) groups is 1. The van der Waals surface area contributed by atoms with Crippen molar-refractivity contribution < 1.29 is 27.8 Å². The number of aliphatic hydroxyl groups is 1. The van der Waals surface area contributed by atoms with Crippen LogP contribution in [0.3, 0.4) is 0 Å². The van der Waals surface area contributed by atoms with Gasteiger partial charge >= 0.3 is 6.18 Å². The van der Waals surface area contributed by atoms with E-state index in [4.69, 9.17) is 4.74 Å². The number of hydrogen-bond acceptors (Lipinski definition) is 4. The number of aliphatic hydroxyl groups excluding tert-OH is 1. The van der Waals surface area contributed by atoms with E-state index in [1.54, 1.807) is 4.90 Å². The predicted molar refractivity (Wildman–Crippen MR) is 125 cm³/mol. The third kappa shape index (κ3) is 5.48. The van der Waals surface area contributed by atoms with Gasteiger partial charge in [0.25, 0.3) is 5.91 Å². The quantitative estimate of drug-likeness (QED) is 0.457. The van der Waals surface area contributed by atoms with E-state index < -0.39 is 17.6 Å². The van der Waals surface area contributed by atoms with E-state index in [-0.39, 0.29) is 18.2 Å². The van der Waals surface area contributed by atoms with Crippen LogP contribution in [0.25, 0.3) is 0 Å². The number of pyridine rings is 1. The first-order valence-corrected chi connectivity index (χ1v) is 11.5. The first kappa shape index (κ1) is 24.7. The summed E-state index contributed by atoms with van der Waals surface area (Å²) in [6, 6.07) is 15.4. The molecule has 4 rings (SSSR count). The summed E-state index contributed by atoms with van der Waals surface area (Å²) in [5.74, 6) is 1.26. The van der Waals surface area contributed by atoms with Crippen molar-refractivity contribution in [3.8, 4) is 11.5 Å². The van der Waals surface area contributed by atoms with Crippen LogP contribution in [0.2, 0.25) is 0 Å². The van der Waals surface area contributed by atoms with E-state index in [0.717, 1.165) is 34.6 Å². The number of halogens is 3. The Morgan fingerprint density at radius 1 is 1.17 bits per heavy atom. The Hall–Kier alpha value is -3.39. The lowest BCUT2D eigenvalue weighted by Crippen LogP contribution is -2.29. The van der Waals surface area contributed by atoms with Crippen molar-refractivity contribution in [2.75, 3.05) is 13.1 Å². The molecule has 35 heavy (non-hydrogen) atoms. The molecule has 0 saturated carbocycles. The van der Waals surface area contributed by atoms with Crippen LogP contribution in [-0.4, -0.2) is 34.0 Å². The number of aromatic nitrogens is 1. The molecule has 1 saturated heterocycles. The van der Waals surface area contributed by atoms with Crippen LogP contribution < -0.4 is 4.74 Å². The highest BCUT2D eigenvalue weighted by molar-refractivity contribution is 5.92. The van der Waals surface area contributed by atoms with Gasteiger partial charge in [-0.25, -0.2) is 0 Å². The Kier molecular flexibility index (Phi) is 7.12. The molecule has 1 fully saturated rings. The molecule has 2 aromatic carbocycles. The van der Waals surface area contributed by atoms with Crippen LogP contribution in [0.1, 0.15) is 64.8 Å². The zero-order chi connectivity index (χ0) is 25.2. The number of carbonyl (C=O) groups excluding carboxylic acids is 1. The number of amides is 1. The lowest BCUT2D eigenvalue weighted by atomic mass is 9.93. The summed E-state index contributed by atoms with van der Waals surface area (Å²) in [7, 11) is 0. The number of hydrogen-bond donors (Lipinski definition) is 1. The Labute approximate surface area is 202 Å². The van der Waals surface area contributed by atoms with Crippen molar-refractivity contribution in [2.45, 2.75) is 44.9 Å². The zero-order valence-corrected chi connectivity index (χ0v) is 19.5. The molecule has 1 amide bonds. The minimum atomic E-state index is -4.50. The predicted octanol–water partition coefficient (Wildman–Crippen LogP) is 6.14. The average Bonchev–Trinajstić information content (AvgIpc) is 3.33. The fourth-order valence-electron chi connectivity index (χ4n) is 4.41. The third-order valence-electron chi connectivity index (χ3n) is 6.28. The smallest absolute Gasteiger partial charge is 0.417 e. The van der Waals surface area contributed by atoms with Gasteiger partial charge < -0.3 is 14.7 Å². The maximum atomic E-state index is 12.8. The van der Waals surface area contributed by atoms with Gasteiger partial charge in [0.15, 0.2) is 0 Å². The standard InChI is InChI=1S/C27H27F3N2O3/c1-17(2)22-5-3-4-6-25(22)35-21-8-9-23(19(13-21)16-33)18-11-12-32(15-18)26(34)24-10-7-20(14-31-24)27(28,29)30/h3-10,13-14,17-18,33H,11-12,15-16H2,1-2H3/t18-/m1/s1. The van der Waals surface area contributed by atoms with Crippen LogP contribution >= 0.6 is 0 Å². The molecule has 1 aromatic heterocycles. The highest BCUT2D eigenvalue weighted by atomic mass is 19.4. The van der Waals surface area contributed by atoms with Gasteiger partial charge in [-0.05, 0) is 59.4 Å². The molecule has 0 radical (unpaired) electrons.